The zero-order valence-electron chi connectivity index (χ0n) is 15.6. The first kappa shape index (κ1) is 19.9. The van der Waals surface area contributed by atoms with Gasteiger partial charge in [-0.3, -0.25) is 9.59 Å². The molecule has 1 N–H and O–H groups in total. The van der Waals surface area contributed by atoms with E-state index in [1.54, 1.807) is 4.90 Å². The maximum atomic E-state index is 12.5. The summed E-state index contributed by atoms with van der Waals surface area (Å²) in [7, 11) is 1.35. The van der Waals surface area contributed by atoms with Crippen molar-refractivity contribution in [2.24, 2.45) is 0 Å². The number of hydrogen-bond donors (Lipinski definition) is 1. The van der Waals surface area contributed by atoms with E-state index in [1.165, 1.54) is 14.0 Å². The Kier molecular flexibility index (Phi) is 7.18. The van der Waals surface area contributed by atoms with Gasteiger partial charge in [0.1, 0.15) is 5.54 Å². The Hall–Kier alpha value is -2.37. The molecule has 1 aliphatic carbocycles. The number of esters is 1. The van der Waals surface area contributed by atoms with Crippen LogP contribution in [0.2, 0.25) is 0 Å². The van der Waals surface area contributed by atoms with Crippen LogP contribution in [0, 0.1) is 0 Å². The van der Waals surface area contributed by atoms with Crippen molar-refractivity contribution in [1.82, 2.24) is 10.2 Å². The summed E-state index contributed by atoms with van der Waals surface area (Å²) < 4.78 is 4.92. The van der Waals surface area contributed by atoms with E-state index in [4.69, 9.17) is 4.74 Å². The van der Waals surface area contributed by atoms with Crippen LogP contribution in [-0.4, -0.2) is 41.9 Å². The van der Waals surface area contributed by atoms with Crippen LogP contribution in [0.3, 0.4) is 0 Å². The van der Waals surface area contributed by atoms with E-state index in [1.807, 2.05) is 30.3 Å². The summed E-state index contributed by atoms with van der Waals surface area (Å²) in [4.78, 5) is 38.2. The lowest BCUT2D eigenvalue weighted by atomic mass is 9.81. The molecule has 142 valence electrons. The molecule has 2 amide bonds. The predicted molar refractivity (Wildman–Crippen MR) is 98.1 cm³/mol. The van der Waals surface area contributed by atoms with Gasteiger partial charge < -0.3 is 15.0 Å². The van der Waals surface area contributed by atoms with Crippen molar-refractivity contribution in [3.63, 3.8) is 0 Å². The minimum Gasteiger partial charge on any atom is -0.467 e. The van der Waals surface area contributed by atoms with E-state index in [9.17, 15) is 14.4 Å². The molecule has 0 heterocycles. The maximum Gasteiger partial charge on any atom is 0.331 e. The van der Waals surface area contributed by atoms with Crippen LogP contribution in [0.1, 0.15) is 51.0 Å². The van der Waals surface area contributed by atoms with Crippen LogP contribution in [0.4, 0.5) is 0 Å². The summed E-state index contributed by atoms with van der Waals surface area (Å²) in [5, 5.41) is 2.89. The second-order valence-corrected chi connectivity index (χ2v) is 6.86. The van der Waals surface area contributed by atoms with Crippen LogP contribution < -0.4 is 5.32 Å². The number of hydrogen-bond acceptors (Lipinski definition) is 4. The molecule has 0 unspecified atom stereocenters. The van der Waals surface area contributed by atoms with Gasteiger partial charge in [0.25, 0.3) is 0 Å². The first-order valence-corrected chi connectivity index (χ1v) is 9.16. The van der Waals surface area contributed by atoms with Crippen LogP contribution in [-0.2, 0) is 25.7 Å². The fraction of sp³-hybridized carbons (Fsp3) is 0.550. The first-order chi connectivity index (χ1) is 12.5. The van der Waals surface area contributed by atoms with Crippen LogP contribution in [0.15, 0.2) is 30.3 Å². The molecule has 26 heavy (non-hydrogen) atoms. The molecule has 2 rings (SSSR count). The minimum atomic E-state index is -0.912. The van der Waals surface area contributed by atoms with E-state index >= 15 is 0 Å². The molecule has 1 aromatic rings. The van der Waals surface area contributed by atoms with Crippen molar-refractivity contribution in [1.29, 1.82) is 0 Å². The number of carbonyl (C=O) groups is 3. The number of methoxy groups -OCH3 is 1. The molecular formula is C20H28N2O4. The predicted octanol–water partition coefficient (Wildman–Crippen LogP) is 2.42. The van der Waals surface area contributed by atoms with Gasteiger partial charge in [0.15, 0.2) is 0 Å². The Bertz CT molecular complexity index is 624. The summed E-state index contributed by atoms with van der Waals surface area (Å²) in [6.07, 6.45) is 4.21. The molecule has 6 nitrogen and oxygen atoms in total. The molecule has 1 fully saturated rings. The van der Waals surface area contributed by atoms with Crippen molar-refractivity contribution in [2.75, 3.05) is 13.7 Å². The van der Waals surface area contributed by atoms with E-state index < -0.39 is 5.54 Å². The highest BCUT2D eigenvalue weighted by molar-refractivity contribution is 5.88. The summed E-state index contributed by atoms with van der Waals surface area (Å²) >= 11 is 0. The lowest BCUT2D eigenvalue weighted by Crippen LogP contribution is -2.56. The van der Waals surface area contributed by atoms with Gasteiger partial charge >= 0.3 is 5.97 Å². The first-order valence-electron chi connectivity index (χ1n) is 9.16. The van der Waals surface area contributed by atoms with E-state index in [0.717, 1.165) is 24.8 Å². The van der Waals surface area contributed by atoms with Gasteiger partial charge in [-0.25, -0.2) is 4.79 Å². The van der Waals surface area contributed by atoms with Crippen molar-refractivity contribution in [3.8, 4) is 0 Å². The highest BCUT2D eigenvalue weighted by atomic mass is 16.5. The highest BCUT2D eigenvalue weighted by Gasteiger charge is 2.41. The Morgan fingerprint density at radius 1 is 1.12 bits per heavy atom. The Labute approximate surface area is 154 Å². The second-order valence-electron chi connectivity index (χ2n) is 6.86. The van der Waals surface area contributed by atoms with Crippen molar-refractivity contribution in [3.05, 3.63) is 35.9 Å². The van der Waals surface area contributed by atoms with Crippen LogP contribution in [0.25, 0.3) is 0 Å². The Balaban J connectivity index is 1.94. The number of nitrogens with zero attached hydrogens (tertiary/aromatic N) is 1. The molecule has 0 spiro atoms. The number of nitrogens with one attached hydrogen (secondary N) is 1. The summed E-state index contributed by atoms with van der Waals surface area (Å²) in [5.41, 5.74) is 0.103. The van der Waals surface area contributed by atoms with Gasteiger partial charge in [-0.15, -0.1) is 0 Å². The van der Waals surface area contributed by atoms with Crippen molar-refractivity contribution in [2.45, 2.75) is 57.5 Å². The van der Waals surface area contributed by atoms with E-state index in [2.05, 4.69) is 5.32 Å². The van der Waals surface area contributed by atoms with Gasteiger partial charge in [-0.2, -0.15) is 0 Å². The van der Waals surface area contributed by atoms with Gasteiger partial charge in [-0.05, 0) is 18.4 Å². The molecule has 1 saturated carbocycles. The smallest absolute Gasteiger partial charge is 0.331 e. The highest BCUT2D eigenvalue weighted by Crippen LogP contribution is 2.29. The average Bonchev–Trinajstić information content (AvgIpc) is 2.65. The summed E-state index contributed by atoms with van der Waals surface area (Å²) in [5.74, 6) is -0.683. The average molecular weight is 360 g/mol. The van der Waals surface area contributed by atoms with Crippen LogP contribution >= 0.6 is 0 Å². The number of rotatable bonds is 7. The molecule has 0 atom stereocenters. The number of carbonyl (C=O) groups excluding carboxylic acids is 3. The van der Waals surface area contributed by atoms with Crippen molar-refractivity contribution < 1.29 is 19.1 Å². The lowest BCUT2D eigenvalue weighted by Gasteiger charge is -2.35. The molecule has 1 aromatic carbocycles. The standard InChI is InChI=1S/C20H28N2O4/c1-16(23)22(15-17-9-5-3-6-10-17)14-11-18(24)21-20(19(25)26-2)12-7-4-8-13-20/h3,5-6,9-10H,4,7-8,11-15H2,1-2H3,(H,21,24). The molecular weight excluding hydrogens is 332 g/mol. The minimum absolute atomic E-state index is 0.0815. The van der Waals surface area contributed by atoms with Crippen molar-refractivity contribution >= 4 is 17.8 Å². The summed E-state index contributed by atoms with van der Waals surface area (Å²) in [6.45, 7) is 2.27. The van der Waals surface area contributed by atoms with Gasteiger partial charge in [-0.1, -0.05) is 49.6 Å². The van der Waals surface area contributed by atoms with E-state index in [-0.39, 0.29) is 24.2 Å². The van der Waals surface area contributed by atoms with Gasteiger partial charge in [0, 0.05) is 26.4 Å². The zero-order chi connectivity index (χ0) is 19.0. The number of amides is 2. The SMILES string of the molecule is COC(=O)C1(NC(=O)CCN(Cc2ccccc2)C(C)=O)CCCCC1. The van der Waals surface area contributed by atoms with Crippen LogP contribution in [0.5, 0.6) is 0 Å². The van der Waals surface area contributed by atoms with Gasteiger partial charge in [0.05, 0.1) is 7.11 Å². The molecule has 1 aliphatic rings. The van der Waals surface area contributed by atoms with Gasteiger partial charge in [0.2, 0.25) is 11.8 Å². The topological polar surface area (TPSA) is 75.7 Å². The fourth-order valence-corrected chi connectivity index (χ4v) is 3.45. The monoisotopic (exact) mass is 360 g/mol. The largest absolute Gasteiger partial charge is 0.467 e. The number of benzene rings is 1. The molecule has 0 aromatic heterocycles. The maximum absolute atomic E-state index is 12.5. The Morgan fingerprint density at radius 3 is 2.35 bits per heavy atom. The zero-order valence-corrected chi connectivity index (χ0v) is 15.6. The fourth-order valence-electron chi connectivity index (χ4n) is 3.45. The third-order valence-electron chi connectivity index (χ3n) is 4.93. The third-order valence-corrected chi connectivity index (χ3v) is 4.93. The quantitative estimate of drug-likeness (QED) is 0.758. The molecule has 0 saturated heterocycles. The normalized spacial score (nSPS) is 15.8. The molecule has 0 radical (unpaired) electrons. The molecule has 6 heteroatoms. The Morgan fingerprint density at radius 2 is 1.77 bits per heavy atom. The third kappa shape index (κ3) is 5.31. The molecule has 0 aliphatic heterocycles. The lowest BCUT2D eigenvalue weighted by molar-refractivity contribution is -0.152. The van der Waals surface area contributed by atoms with E-state index in [0.29, 0.717) is 25.9 Å². The summed E-state index contributed by atoms with van der Waals surface area (Å²) in [6, 6.07) is 9.66. The molecule has 0 bridgehead atoms. The second kappa shape index (κ2) is 9.36. The number of ether oxygens (including phenoxy) is 1.